The maximum atomic E-state index is 13.5. The van der Waals surface area contributed by atoms with Gasteiger partial charge < -0.3 is 14.6 Å². The first-order valence-electron chi connectivity index (χ1n) is 9.57. The van der Waals surface area contributed by atoms with Crippen LogP contribution in [0, 0.1) is 16.7 Å². The molecule has 0 spiro atoms. The van der Waals surface area contributed by atoms with Crippen molar-refractivity contribution in [3.63, 3.8) is 0 Å². The van der Waals surface area contributed by atoms with E-state index in [1.807, 2.05) is 20.8 Å². The molecule has 0 rings (SSSR count). The Labute approximate surface area is 166 Å². The van der Waals surface area contributed by atoms with Gasteiger partial charge in [0.15, 0.2) is 8.32 Å². The maximum absolute atomic E-state index is 13.5. The molecule has 0 saturated carbocycles. The average molecular weight is 401 g/mol. The van der Waals surface area contributed by atoms with Gasteiger partial charge in [0, 0.05) is 5.41 Å². The highest BCUT2D eigenvalue weighted by Crippen LogP contribution is 2.44. The van der Waals surface area contributed by atoms with Gasteiger partial charge in [-0.15, -0.1) is 6.58 Å². The number of carbonyl (C=O) groups excluding carboxylic acids is 1. The van der Waals surface area contributed by atoms with Crippen LogP contribution in [0.4, 0.5) is 0 Å². The summed E-state index contributed by atoms with van der Waals surface area (Å²) in [6.45, 7) is 23.4. The molecule has 0 aromatic heterocycles. The van der Waals surface area contributed by atoms with Gasteiger partial charge in [-0.3, -0.25) is 9.59 Å². The van der Waals surface area contributed by atoms with E-state index in [9.17, 15) is 14.7 Å². The summed E-state index contributed by atoms with van der Waals surface area (Å²) in [6.07, 6.45) is -0.373. The zero-order chi connectivity index (χ0) is 22.0. The minimum atomic E-state index is -2.17. The summed E-state index contributed by atoms with van der Waals surface area (Å²) in [7, 11) is -2.17. The molecular weight excluding hydrogens is 360 g/mol. The summed E-state index contributed by atoms with van der Waals surface area (Å²) in [5, 5.41) is 19.3. The molecule has 5 nitrogen and oxygen atoms in total. The lowest BCUT2D eigenvalue weighted by Gasteiger charge is -2.47. The third kappa shape index (κ3) is 6.00. The largest absolute Gasteiger partial charge is 0.481 e. The Morgan fingerprint density at radius 1 is 1.07 bits per heavy atom. The predicted octanol–water partition coefficient (Wildman–Crippen LogP) is 4.66. The molecule has 0 aliphatic heterocycles. The van der Waals surface area contributed by atoms with Crippen molar-refractivity contribution < 1.29 is 24.2 Å². The molecule has 0 fully saturated rings. The van der Waals surface area contributed by atoms with E-state index in [1.54, 1.807) is 19.9 Å². The van der Waals surface area contributed by atoms with Crippen molar-refractivity contribution in [1.29, 1.82) is 0 Å². The highest BCUT2D eigenvalue weighted by atomic mass is 28.4. The van der Waals surface area contributed by atoms with Crippen molar-refractivity contribution in [1.82, 2.24) is 0 Å². The van der Waals surface area contributed by atoms with Gasteiger partial charge in [-0.1, -0.05) is 61.5 Å². The Morgan fingerprint density at radius 3 is 1.85 bits per heavy atom. The minimum absolute atomic E-state index is 0.0242. The fourth-order valence-corrected chi connectivity index (χ4v) is 4.56. The van der Waals surface area contributed by atoms with Crippen LogP contribution in [-0.2, 0) is 14.0 Å². The zero-order valence-electron chi connectivity index (χ0n) is 18.8. The maximum Gasteiger partial charge on any atom is 0.306 e. The number of hydrogen-bond acceptors (Lipinski definition) is 4. The van der Waals surface area contributed by atoms with Crippen LogP contribution < -0.4 is 0 Å². The third-order valence-electron chi connectivity index (χ3n) is 6.16. The molecule has 3 atom stereocenters. The van der Waals surface area contributed by atoms with Crippen LogP contribution in [0.15, 0.2) is 12.7 Å². The van der Waals surface area contributed by atoms with Crippen molar-refractivity contribution in [2.45, 2.75) is 92.2 Å². The summed E-state index contributed by atoms with van der Waals surface area (Å²) in [5.74, 6) is -1.42. The van der Waals surface area contributed by atoms with Crippen LogP contribution in [0.2, 0.25) is 18.1 Å². The van der Waals surface area contributed by atoms with Crippen LogP contribution in [0.25, 0.3) is 0 Å². The van der Waals surface area contributed by atoms with Gasteiger partial charge in [-0.25, -0.2) is 0 Å². The Hall–Kier alpha value is -0.983. The van der Waals surface area contributed by atoms with Crippen LogP contribution >= 0.6 is 0 Å². The zero-order valence-corrected chi connectivity index (χ0v) is 19.8. The highest BCUT2D eigenvalue weighted by Gasteiger charge is 2.51. The highest BCUT2D eigenvalue weighted by molar-refractivity contribution is 6.74. The predicted molar refractivity (Wildman–Crippen MR) is 112 cm³/mol. The smallest absolute Gasteiger partial charge is 0.306 e. The second-order valence-corrected chi connectivity index (χ2v) is 15.0. The van der Waals surface area contributed by atoms with Crippen molar-refractivity contribution in [2.75, 3.05) is 0 Å². The van der Waals surface area contributed by atoms with E-state index in [1.165, 1.54) is 0 Å². The number of aliphatic hydroxyl groups excluding tert-OH is 1. The molecule has 0 aliphatic rings. The van der Waals surface area contributed by atoms with E-state index in [-0.39, 0.29) is 16.7 Å². The van der Waals surface area contributed by atoms with E-state index >= 15 is 0 Å². The summed E-state index contributed by atoms with van der Waals surface area (Å²) in [6, 6.07) is 0. The average Bonchev–Trinajstić information content (AvgIpc) is 2.48. The molecule has 0 heterocycles. The standard InChI is InChI=1S/C21H40O5Si/c1-12-14(2)17(26-27(10,11)19(3,4)5)21(8,9)18(25)20(6,7)15(22)13-16(23)24/h12,14-15,17,22H,1,13H2,2-11H3,(H,23,24)/t14-,15-,17+/m0/s1. The molecule has 0 radical (unpaired) electrons. The lowest BCUT2D eigenvalue weighted by molar-refractivity contribution is -0.152. The SMILES string of the molecule is C=C[C@H](C)[C@@H](O[Si](C)(C)C(C)(C)C)C(C)(C)C(=O)C(C)(C)[C@@H](O)CC(=O)O. The molecule has 0 aliphatic carbocycles. The number of carbonyl (C=O) groups is 2. The van der Waals surface area contributed by atoms with E-state index in [2.05, 4.69) is 40.4 Å². The van der Waals surface area contributed by atoms with E-state index in [0.29, 0.717) is 0 Å². The van der Waals surface area contributed by atoms with Gasteiger partial charge in [0.1, 0.15) is 5.78 Å². The fourth-order valence-electron chi connectivity index (χ4n) is 3.06. The fraction of sp³-hybridized carbons (Fsp3) is 0.810. The molecule has 0 aromatic carbocycles. The first kappa shape index (κ1) is 26.0. The Balaban J connectivity index is 5.99. The number of aliphatic hydroxyl groups is 1. The van der Waals surface area contributed by atoms with Crippen LogP contribution in [0.1, 0.15) is 61.8 Å². The van der Waals surface area contributed by atoms with E-state index in [4.69, 9.17) is 9.53 Å². The Morgan fingerprint density at radius 2 is 1.52 bits per heavy atom. The van der Waals surface area contributed by atoms with E-state index < -0.39 is 43.7 Å². The lowest BCUT2D eigenvalue weighted by Crippen LogP contribution is -2.56. The topological polar surface area (TPSA) is 83.8 Å². The second kappa shape index (κ2) is 8.58. The number of ketones is 1. The Kier molecular flexibility index (Phi) is 8.26. The molecule has 27 heavy (non-hydrogen) atoms. The second-order valence-electron chi connectivity index (χ2n) is 10.3. The van der Waals surface area contributed by atoms with E-state index in [0.717, 1.165) is 0 Å². The number of aliphatic carboxylic acids is 1. The normalized spacial score (nSPS) is 17.1. The van der Waals surface area contributed by atoms with Gasteiger partial charge in [0.05, 0.1) is 24.0 Å². The molecule has 0 unspecified atom stereocenters. The molecule has 158 valence electrons. The van der Waals surface area contributed by atoms with Crippen molar-refractivity contribution >= 4 is 20.1 Å². The summed E-state index contributed by atoms with van der Waals surface area (Å²) >= 11 is 0. The molecule has 0 saturated heterocycles. The molecule has 0 amide bonds. The van der Waals surface area contributed by atoms with Gasteiger partial charge >= 0.3 is 5.97 Å². The monoisotopic (exact) mass is 400 g/mol. The first-order chi connectivity index (χ1) is 11.8. The molecule has 6 heteroatoms. The molecule has 2 N–H and O–H groups in total. The quantitative estimate of drug-likeness (QED) is 0.412. The number of carboxylic acids is 1. The summed E-state index contributed by atoms with van der Waals surface area (Å²) in [5.41, 5.74) is -2.13. The number of hydrogen-bond donors (Lipinski definition) is 2. The van der Waals surface area contributed by atoms with Crippen LogP contribution in [-0.4, -0.2) is 42.5 Å². The lowest BCUT2D eigenvalue weighted by atomic mass is 9.66. The van der Waals surface area contributed by atoms with Crippen molar-refractivity contribution in [3.8, 4) is 0 Å². The van der Waals surface area contributed by atoms with Crippen molar-refractivity contribution in [2.24, 2.45) is 16.7 Å². The first-order valence-corrected chi connectivity index (χ1v) is 12.5. The molecular formula is C21H40O5Si. The van der Waals surface area contributed by atoms with Crippen molar-refractivity contribution in [3.05, 3.63) is 12.7 Å². The molecule has 0 bridgehead atoms. The van der Waals surface area contributed by atoms with Gasteiger partial charge in [0.2, 0.25) is 0 Å². The number of rotatable bonds is 10. The van der Waals surface area contributed by atoms with Gasteiger partial charge in [-0.05, 0) is 24.1 Å². The molecule has 0 aromatic rings. The minimum Gasteiger partial charge on any atom is -0.481 e. The van der Waals surface area contributed by atoms with Gasteiger partial charge in [-0.2, -0.15) is 0 Å². The van der Waals surface area contributed by atoms with Gasteiger partial charge in [0.25, 0.3) is 0 Å². The third-order valence-corrected chi connectivity index (χ3v) is 10.6. The summed E-state index contributed by atoms with van der Waals surface area (Å²) < 4.78 is 6.65. The van der Waals surface area contributed by atoms with Crippen LogP contribution in [0.3, 0.4) is 0 Å². The number of carboxylic acid groups (broad SMARTS) is 1. The van der Waals surface area contributed by atoms with Crippen LogP contribution in [0.5, 0.6) is 0 Å². The summed E-state index contributed by atoms with van der Waals surface area (Å²) in [4.78, 5) is 24.5. The number of Topliss-reactive ketones (excluding diaryl/α,β-unsaturated/α-hetero) is 1. The Bertz CT molecular complexity index is 557.